The van der Waals surface area contributed by atoms with E-state index in [0.717, 1.165) is 16.6 Å². The molecule has 0 bridgehead atoms. The van der Waals surface area contributed by atoms with Gasteiger partial charge in [-0.25, -0.2) is 5.10 Å². The van der Waals surface area contributed by atoms with Crippen LogP contribution >= 0.6 is 0 Å². The molecule has 2 amide bonds. The van der Waals surface area contributed by atoms with Crippen LogP contribution in [0.4, 0.5) is 11.4 Å². The van der Waals surface area contributed by atoms with Crippen molar-refractivity contribution in [3.63, 3.8) is 0 Å². The summed E-state index contributed by atoms with van der Waals surface area (Å²) >= 11 is 0. The minimum Gasteiger partial charge on any atom is -0.366 e. The number of hydrogen-bond acceptors (Lipinski definition) is 5. The largest absolute Gasteiger partial charge is 0.366 e. The lowest BCUT2D eigenvalue weighted by Gasteiger charge is -2.36. The standard InChI is InChI=1S/C22H23N5O3/c1-14(28)23-19-13-16(21-17-5-3-4-6-18(17)22(30)25-24-21)7-8-20(19)27-11-9-26(10-12-27)15(2)29/h3-8,13H,9-12H2,1-2H3,(H,23,28)(H,25,30). The van der Waals surface area contributed by atoms with Crippen molar-refractivity contribution in [1.82, 2.24) is 15.1 Å². The molecule has 1 saturated heterocycles. The van der Waals surface area contributed by atoms with Crippen LogP contribution in [0.15, 0.2) is 47.3 Å². The normalized spacial score (nSPS) is 14.1. The molecule has 1 fully saturated rings. The maximum Gasteiger partial charge on any atom is 0.272 e. The Labute approximate surface area is 173 Å². The zero-order valence-corrected chi connectivity index (χ0v) is 16.9. The monoisotopic (exact) mass is 405 g/mol. The fraction of sp³-hybridized carbons (Fsp3) is 0.273. The van der Waals surface area contributed by atoms with Crippen molar-refractivity contribution < 1.29 is 9.59 Å². The number of rotatable bonds is 3. The lowest BCUT2D eigenvalue weighted by molar-refractivity contribution is -0.129. The predicted octanol–water partition coefficient (Wildman–Crippen LogP) is 2.22. The van der Waals surface area contributed by atoms with Crippen molar-refractivity contribution in [2.45, 2.75) is 13.8 Å². The molecule has 2 aromatic carbocycles. The minimum absolute atomic E-state index is 0.0723. The van der Waals surface area contributed by atoms with Crippen LogP contribution in [0.3, 0.4) is 0 Å². The maximum atomic E-state index is 12.1. The highest BCUT2D eigenvalue weighted by Gasteiger charge is 2.21. The van der Waals surface area contributed by atoms with E-state index in [9.17, 15) is 14.4 Å². The molecular weight excluding hydrogens is 382 g/mol. The van der Waals surface area contributed by atoms with Gasteiger partial charge < -0.3 is 15.1 Å². The molecule has 154 valence electrons. The molecule has 0 spiro atoms. The third kappa shape index (κ3) is 3.76. The summed E-state index contributed by atoms with van der Waals surface area (Å²) in [6.07, 6.45) is 0. The van der Waals surface area contributed by atoms with E-state index in [0.29, 0.717) is 42.9 Å². The lowest BCUT2D eigenvalue weighted by Crippen LogP contribution is -2.48. The Morgan fingerprint density at radius 1 is 1.00 bits per heavy atom. The van der Waals surface area contributed by atoms with Crippen molar-refractivity contribution in [2.75, 3.05) is 36.4 Å². The number of aromatic nitrogens is 2. The number of fused-ring (bicyclic) bond motifs is 1. The highest BCUT2D eigenvalue weighted by molar-refractivity contribution is 5.97. The quantitative estimate of drug-likeness (QED) is 0.696. The number of amides is 2. The molecule has 4 rings (SSSR count). The van der Waals surface area contributed by atoms with Crippen molar-refractivity contribution in [3.8, 4) is 11.3 Å². The first-order valence-corrected chi connectivity index (χ1v) is 9.84. The third-order valence-electron chi connectivity index (χ3n) is 5.34. The SMILES string of the molecule is CC(=O)Nc1cc(-c2n[nH]c(=O)c3ccccc23)ccc1N1CCN(C(C)=O)CC1. The van der Waals surface area contributed by atoms with E-state index in [-0.39, 0.29) is 17.4 Å². The zero-order valence-electron chi connectivity index (χ0n) is 16.9. The Morgan fingerprint density at radius 3 is 2.37 bits per heavy atom. The molecule has 0 aliphatic carbocycles. The smallest absolute Gasteiger partial charge is 0.272 e. The minimum atomic E-state index is -0.239. The van der Waals surface area contributed by atoms with Crippen LogP contribution in [-0.4, -0.2) is 53.1 Å². The molecule has 8 heteroatoms. The van der Waals surface area contributed by atoms with Crippen molar-refractivity contribution in [1.29, 1.82) is 0 Å². The van der Waals surface area contributed by atoms with E-state index in [1.165, 1.54) is 6.92 Å². The summed E-state index contributed by atoms with van der Waals surface area (Å²) in [4.78, 5) is 39.5. The highest BCUT2D eigenvalue weighted by Crippen LogP contribution is 2.33. The highest BCUT2D eigenvalue weighted by atomic mass is 16.2. The summed E-state index contributed by atoms with van der Waals surface area (Å²) in [5.41, 5.74) is 2.76. The number of benzene rings is 2. The van der Waals surface area contributed by atoms with Gasteiger partial charge in [-0.15, -0.1) is 0 Å². The van der Waals surface area contributed by atoms with Gasteiger partial charge >= 0.3 is 0 Å². The summed E-state index contributed by atoms with van der Waals surface area (Å²) in [5.74, 6) is -0.0989. The van der Waals surface area contributed by atoms with Crippen molar-refractivity contribution in [2.24, 2.45) is 0 Å². The van der Waals surface area contributed by atoms with Gasteiger partial charge in [0.05, 0.1) is 22.5 Å². The van der Waals surface area contributed by atoms with Crippen LogP contribution in [0.5, 0.6) is 0 Å². The molecule has 1 aliphatic rings. The summed E-state index contributed by atoms with van der Waals surface area (Å²) < 4.78 is 0. The van der Waals surface area contributed by atoms with Crippen LogP contribution in [0.25, 0.3) is 22.0 Å². The summed E-state index contributed by atoms with van der Waals surface area (Å²) in [6.45, 7) is 5.70. The van der Waals surface area contributed by atoms with Crippen LogP contribution in [0.2, 0.25) is 0 Å². The lowest BCUT2D eigenvalue weighted by atomic mass is 10.0. The average Bonchev–Trinajstić information content (AvgIpc) is 2.74. The van der Waals surface area contributed by atoms with Gasteiger partial charge in [-0.2, -0.15) is 5.10 Å². The molecule has 0 radical (unpaired) electrons. The topological polar surface area (TPSA) is 98.4 Å². The number of aromatic amines is 1. The fourth-order valence-corrected chi connectivity index (χ4v) is 3.85. The number of carbonyl (C=O) groups is 2. The predicted molar refractivity (Wildman–Crippen MR) is 117 cm³/mol. The number of H-pyrrole nitrogens is 1. The van der Waals surface area contributed by atoms with Gasteiger partial charge in [0.25, 0.3) is 5.56 Å². The molecule has 0 saturated carbocycles. The molecule has 2 N–H and O–H groups in total. The molecule has 30 heavy (non-hydrogen) atoms. The number of nitrogens with one attached hydrogen (secondary N) is 2. The molecule has 0 unspecified atom stereocenters. The molecule has 0 atom stereocenters. The number of anilines is 2. The van der Waals surface area contributed by atoms with E-state index in [4.69, 9.17) is 0 Å². The van der Waals surface area contributed by atoms with Gasteiger partial charge in [0, 0.05) is 51.0 Å². The Balaban J connectivity index is 1.74. The van der Waals surface area contributed by atoms with E-state index >= 15 is 0 Å². The Hall–Kier alpha value is -3.68. The average molecular weight is 405 g/mol. The van der Waals surface area contributed by atoms with Gasteiger partial charge in [-0.1, -0.05) is 24.3 Å². The number of piperazine rings is 1. The number of nitrogens with zero attached hydrogens (tertiary/aromatic N) is 3. The molecular formula is C22H23N5O3. The molecule has 1 aromatic heterocycles. The first-order valence-electron chi connectivity index (χ1n) is 9.84. The van der Waals surface area contributed by atoms with Crippen LogP contribution in [-0.2, 0) is 9.59 Å². The van der Waals surface area contributed by atoms with Gasteiger partial charge in [-0.05, 0) is 18.2 Å². The number of carbonyl (C=O) groups excluding carboxylic acids is 2. The summed E-state index contributed by atoms with van der Waals surface area (Å²) in [5, 5.41) is 11.0. The molecule has 3 aromatic rings. The van der Waals surface area contributed by atoms with Crippen molar-refractivity contribution >= 4 is 34.0 Å². The van der Waals surface area contributed by atoms with Gasteiger partial charge in [-0.3, -0.25) is 14.4 Å². The van der Waals surface area contributed by atoms with E-state index in [1.54, 1.807) is 13.0 Å². The van der Waals surface area contributed by atoms with Gasteiger partial charge in [0.1, 0.15) is 0 Å². The molecule has 1 aliphatic heterocycles. The second-order valence-electron chi connectivity index (χ2n) is 7.35. The Kier molecular flexibility index (Phi) is 5.22. The number of hydrogen-bond donors (Lipinski definition) is 2. The first kappa shape index (κ1) is 19.6. The maximum absolute atomic E-state index is 12.1. The Bertz CT molecular complexity index is 1180. The third-order valence-corrected chi connectivity index (χ3v) is 5.34. The van der Waals surface area contributed by atoms with E-state index in [1.807, 2.05) is 41.3 Å². The van der Waals surface area contributed by atoms with E-state index < -0.39 is 0 Å². The molecule has 2 heterocycles. The second-order valence-corrected chi connectivity index (χ2v) is 7.35. The van der Waals surface area contributed by atoms with Crippen LogP contribution in [0.1, 0.15) is 13.8 Å². The zero-order chi connectivity index (χ0) is 21.3. The van der Waals surface area contributed by atoms with Gasteiger partial charge in [0.15, 0.2) is 0 Å². The van der Waals surface area contributed by atoms with Gasteiger partial charge in [0.2, 0.25) is 11.8 Å². The summed E-state index contributed by atoms with van der Waals surface area (Å²) in [7, 11) is 0. The van der Waals surface area contributed by atoms with Crippen molar-refractivity contribution in [3.05, 3.63) is 52.8 Å². The second kappa shape index (κ2) is 7.98. The van der Waals surface area contributed by atoms with Crippen LogP contribution < -0.4 is 15.8 Å². The summed E-state index contributed by atoms with van der Waals surface area (Å²) in [6, 6.07) is 13.1. The first-order chi connectivity index (χ1) is 14.4. The van der Waals surface area contributed by atoms with Crippen LogP contribution in [0, 0.1) is 0 Å². The molecule has 8 nitrogen and oxygen atoms in total. The van der Waals surface area contributed by atoms with E-state index in [2.05, 4.69) is 20.4 Å². The Morgan fingerprint density at radius 2 is 1.70 bits per heavy atom. The fourth-order valence-electron chi connectivity index (χ4n) is 3.85.